The summed E-state index contributed by atoms with van der Waals surface area (Å²) >= 11 is 13.8. The van der Waals surface area contributed by atoms with Crippen LogP contribution in [0.5, 0.6) is 5.75 Å². The Morgan fingerprint density at radius 3 is 2.31 bits per heavy atom. The predicted molar refractivity (Wildman–Crippen MR) is 120 cm³/mol. The molecule has 8 heteroatoms. The van der Waals surface area contributed by atoms with Gasteiger partial charge < -0.3 is 15.0 Å². The molecule has 0 fully saturated rings. The van der Waals surface area contributed by atoms with Crippen LogP contribution in [-0.2, 0) is 21.9 Å². The molecule has 2 aromatic carbocycles. The lowest BCUT2D eigenvalue weighted by Crippen LogP contribution is -2.47. The molecular formula is C21H24Cl2N2O3S. The van der Waals surface area contributed by atoms with Crippen molar-refractivity contribution in [2.24, 2.45) is 0 Å². The summed E-state index contributed by atoms with van der Waals surface area (Å²) in [7, 11) is 3.16. The first-order valence-electron chi connectivity index (χ1n) is 9.02. The number of nitrogens with zero attached hydrogens (tertiary/aromatic N) is 1. The number of benzene rings is 2. The van der Waals surface area contributed by atoms with E-state index in [-0.39, 0.29) is 17.6 Å². The largest absolute Gasteiger partial charge is 0.497 e. The average molecular weight is 455 g/mol. The van der Waals surface area contributed by atoms with Crippen LogP contribution in [-0.4, -0.2) is 42.7 Å². The summed E-state index contributed by atoms with van der Waals surface area (Å²) < 4.78 is 5.17. The van der Waals surface area contributed by atoms with Gasteiger partial charge in [0.1, 0.15) is 11.8 Å². The molecule has 5 nitrogen and oxygen atoms in total. The van der Waals surface area contributed by atoms with Crippen LogP contribution in [0.1, 0.15) is 18.1 Å². The van der Waals surface area contributed by atoms with Crippen LogP contribution in [0.2, 0.25) is 10.0 Å². The molecule has 0 aliphatic rings. The van der Waals surface area contributed by atoms with E-state index in [1.807, 2.05) is 24.3 Å². The Hall–Kier alpha value is -1.89. The summed E-state index contributed by atoms with van der Waals surface area (Å²) in [6.07, 6.45) is 0. The van der Waals surface area contributed by atoms with Gasteiger partial charge in [0.15, 0.2) is 0 Å². The van der Waals surface area contributed by atoms with Crippen molar-refractivity contribution in [3.8, 4) is 5.75 Å². The summed E-state index contributed by atoms with van der Waals surface area (Å²) in [6.45, 7) is 2.04. The van der Waals surface area contributed by atoms with Crippen LogP contribution in [0.15, 0.2) is 42.5 Å². The molecule has 0 heterocycles. The number of carbonyl (C=O) groups is 2. The zero-order chi connectivity index (χ0) is 21.4. The zero-order valence-corrected chi connectivity index (χ0v) is 18.9. The van der Waals surface area contributed by atoms with Crippen molar-refractivity contribution in [2.75, 3.05) is 19.9 Å². The van der Waals surface area contributed by atoms with E-state index in [1.165, 1.54) is 11.8 Å². The highest BCUT2D eigenvalue weighted by Gasteiger charge is 2.25. The maximum atomic E-state index is 12.9. The molecular weight excluding hydrogens is 431 g/mol. The minimum Gasteiger partial charge on any atom is -0.497 e. The molecule has 2 aromatic rings. The number of likely N-dealkylation sites (N-methyl/N-ethyl adjacent to an activating group) is 1. The number of carbonyl (C=O) groups excluding carboxylic acids is 2. The molecule has 1 N–H and O–H groups in total. The molecule has 0 unspecified atom stereocenters. The lowest BCUT2D eigenvalue weighted by atomic mass is 10.1. The second-order valence-electron chi connectivity index (χ2n) is 6.35. The third kappa shape index (κ3) is 6.56. The van der Waals surface area contributed by atoms with Crippen molar-refractivity contribution in [1.29, 1.82) is 0 Å². The van der Waals surface area contributed by atoms with Crippen LogP contribution >= 0.6 is 35.0 Å². The molecule has 29 heavy (non-hydrogen) atoms. The molecule has 0 aliphatic heterocycles. The van der Waals surface area contributed by atoms with Crippen molar-refractivity contribution in [3.05, 3.63) is 63.6 Å². The molecule has 0 radical (unpaired) electrons. The molecule has 0 spiro atoms. The minimum absolute atomic E-state index is 0.134. The maximum Gasteiger partial charge on any atom is 0.242 e. The molecule has 0 aromatic heterocycles. The van der Waals surface area contributed by atoms with Crippen LogP contribution < -0.4 is 10.1 Å². The van der Waals surface area contributed by atoms with Crippen LogP contribution in [0.4, 0.5) is 0 Å². The monoisotopic (exact) mass is 454 g/mol. The molecule has 2 rings (SSSR count). The molecule has 2 amide bonds. The first-order valence-corrected chi connectivity index (χ1v) is 10.9. The van der Waals surface area contributed by atoms with Gasteiger partial charge in [0.2, 0.25) is 11.8 Å². The highest BCUT2D eigenvalue weighted by atomic mass is 35.5. The van der Waals surface area contributed by atoms with Crippen LogP contribution in [0.3, 0.4) is 0 Å². The summed E-state index contributed by atoms with van der Waals surface area (Å²) in [5.74, 6) is 1.10. The Balaban J connectivity index is 2.08. The number of hydrogen-bond donors (Lipinski definition) is 1. The van der Waals surface area contributed by atoms with E-state index >= 15 is 0 Å². The van der Waals surface area contributed by atoms with Crippen molar-refractivity contribution in [1.82, 2.24) is 10.2 Å². The average Bonchev–Trinajstić information content (AvgIpc) is 2.73. The first kappa shape index (κ1) is 23.4. The van der Waals surface area contributed by atoms with Gasteiger partial charge in [-0.05, 0) is 42.3 Å². The number of rotatable bonds is 9. The number of thioether (sulfide) groups is 1. The fraction of sp³-hybridized carbons (Fsp3) is 0.333. The SMILES string of the molecule is CNC(=O)[C@@H](C)N(Cc1ccc(OC)cc1)C(=O)CSCc1c(Cl)cccc1Cl. The Morgan fingerprint density at radius 2 is 1.76 bits per heavy atom. The zero-order valence-electron chi connectivity index (χ0n) is 16.6. The standard InChI is InChI=1S/C21H24Cl2N2O3S/c1-14(21(27)24-2)25(11-15-7-9-16(28-3)10-8-15)20(26)13-29-12-17-18(22)5-4-6-19(17)23/h4-10,14H,11-13H2,1-3H3,(H,24,27)/t14-/m1/s1. The number of ether oxygens (including phenoxy) is 1. The van der Waals surface area contributed by atoms with Gasteiger partial charge in [0.25, 0.3) is 0 Å². The Bertz CT molecular complexity index is 826. The lowest BCUT2D eigenvalue weighted by Gasteiger charge is -2.28. The quantitative estimate of drug-likeness (QED) is 0.609. The van der Waals surface area contributed by atoms with Crippen LogP contribution in [0.25, 0.3) is 0 Å². The maximum absolute atomic E-state index is 12.9. The number of hydrogen-bond acceptors (Lipinski definition) is 4. The van der Waals surface area contributed by atoms with E-state index in [1.54, 1.807) is 44.2 Å². The number of amides is 2. The fourth-order valence-electron chi connectivity index (χ4n) is 2.71. The molecule has 1 atom stereocenters. The van der Waals surface area contributed by atoms with Gasteiger partial charge in [-0.15, -0.1) is 11.8 Å². The van der Waals surface area contributed by atoms with Gasteiger partial charge in [0, 0.05) is 29.4 Å². The predicted octanol–water partition coefficient (Wildman–Crippen LogP) is 4.40. The highest BCUT2D eigenvalue weighted by molar-refractivity contribution is 7.99. The van der Waals surface area contributed by atoms with E-state index in [4.69, 9.17) is 27.9 Å². The molecule has 0 saturated heterocycles. The molecule has 0 saturated carbocycles. The normalized spacial score (nSPS) is 11.6. The topological polar surface area (TPSA) is 58.6 Å². The second kappa shape index (κ2) is 11.3. The van der Waals surface area contributed by atoms with Crippen molar-refractivity contribution in [3.63, 3.8) is 0 Å². The van der Waals surface area contributed by atoms with E-state index < -0.39 is 6.04 Å². The number of methoxy groups -OCH3 is 1. The third-order valence-electron chi connectivity index (χ3n) is 4.46. The van der Waals surface area contributed by atoms with Gasteiger partial charge in [-0.25, -0.2) is 0 Å². The second-order valence-corrected chi connectivity index (χ2v) is 8.15. The Morgan fingerprint density at radius 1 is 1.14 bits per heavy atom. The first-order chi connectivity index (χ1) is 13.9. The molecule has 0 aliphatic carbocycles. The van der Waals surface area contributed by atoms with Gasteiger partial charge in [-0.2, -0.15) is 0 Å². The van der Waals surface area contributed by atoms with E-state index in [0.29, 0.717) is 22.3 Å². The van der Waals surface area contributed by atoms with Crippen molar-refractivity contribution < 1.29 is 14.3 Å². The summed E-state index contributed by atoms with van der Waals surface area (Å²) in [4.78, 5) is 26.7. The van der Waals surface area contributed by atoms with Crippen LogP contribution in [0, 0.1) is 0 Å². The summed E-state index contributed by atoms with van der Waals surface area (Å²) in [5.41, 5.74) is 1.71. The highest BCUT2D eigenvalue weighted by Crippen LogP contribution is 2.28. The summed E-state index contributed by atoms with van der Waals surface area (Å²) in [6, 6.07) is 12.2. The van der Waals surface area contributed by atoms with E-state index in [2.05, 4.69) is 5.32 Å². The van der Waals surface area contributed by atoms with E-state index in [0.717, 1.165) is 16.9 Å². The van der Waals surface area contributed by atoms with Gasteiger partial charge in [-0.3, -0.25) is 9.59 Å². The van der Waals surface area contributed by atoms with Gasteiger partial charge >= 0.3 is 0 Å². The van der Waals surface area contributed by atoms with Crippen molar-refractivity contribution in [2.45, 2.75) is 25.3 Å². The van der Waals surface area contributed by atoms with Gasteiger partial charge in [-0.1, -0.05) is 41.4 Å². The summed E-state index contributed by atoms with van der Waals surface area (Å²) in [5, 5.41) is 3.76. The van der Waals surface area contributed by atoms with Crippen molar-refractivity contribution >= 4 is 46.8 Å². The van der Waals surface area contributed by atoms with E-state index in [9.17, 15) is 9.59 Å². The Kier molecular flexibility index (Phi) is 9.14. The number of nitrogens with one attached hydrogen (secondary N) is 1. The molecule has 0 bridgehead atoms. The van der Waals surface area contributed by atoms with Gasteiger partial charge in [0.05, 0.1) is 12.9 Å². The lowest BCUT2D eigenvalue weighted by molar-refractivity contribution is -0.138. The minimum atomic E-state index is -0.598. The molecule has 156 valence electrons. The fourth-order valence-corrected chi connectivity index (χ4v) is 4.36. The number of halogens is 2. The Labute approximate surface area is 185 Å². The third-order valence-corrected chi connectivity index (χ3v) is 6.11. The smallest absolute Gasteiger partial charge is 0.242 e.